The summed E-state index contributed by atoms with van der Waals surface area (Å²) < 4.78 is 61.2. The Kier molecular flexibility index (Phi) is 8.03. The predicted octanol–water partition coefficient (Wildman–Crippen LogP) is 4.28. The van der Waals surface area contributed by atoms with E-state index in [1.807, 2.05) is 11.0 Å². The zero-order chi connectivity index (χ0) is 33.0. The van der Waals surface area contributed by atoms with Crippen LogP contribution in [-0.2, 0) is 33.5 Å². The van der Waals surface area contributed by atoms with Gasteiger partial charge >= 0.3 is 6.18 Å². The fourth-order valence-corrected chi connectivity index (χ4v) is 6.38. The third-order valence-electron chi connectivity index (χ3n) is 8.74. The number of ether oxygens (including phenoxy) is 1. The average molecular weight is 640 g/mol. The number of rotatable bonds is 8. The number of aliphatic imine (C=N–C) groups is 1. The van der Waals surface area contributed by atoms with Crippen LogP contribution < -0.4 is 16.0 Å². The van der Waals surface area contributed by atoms with Crippen LogP contribution >= 0.6 is 0 Å². The fraction of sp³-hybridized carbons (Fsp3) is 0.438. The number of benzene rings is 1. The van der Waals surface area contributed by atoms with Crippen molar-refractivity contribution >= 4 is 23.3 Å². The summed E-state index contributed by atoms with van der Waals surface area (Å²) in [4.78, 5) is 44.3. The molecule has 242 valence electrons. The molecule has 3 N–H and O–H groups in total. The standard InChI is InChI=1S/C32H33F4N7O3/c1-16-27(17(2)39-26(38-16)14-25(37)44)19-12-22(33)21(15-46-3)23(13-19)43-10-8-31(9-11-43)30(45)41-29(42-31)20-6-7-24(32(34,35)36)40-28(20)18-4-5-18/h6-7,12-13,18H,4-5,8-11,14-15H2,1-3H3,(H2,37,44)(H,41,42,45). The number of nitrogens with one attached hydrogen (secondary N) is 1. The molecule has 2 aromatic heterocycles. The molecule has 1 aliphatic carbocycles. The van der Waals surface area contributed by atoms with E-state index in [9.17, 15) is 22.8 Å². The van der Waals surface area contributed by atoms with Crippen LogP contribution in [0.5, 0.6) is 0 Å². The maximum Gasteiger partial charge on any atom is 0.433 e. The normalized spacial score (nSPS) is 17.8. The summed E-state index contributed by atoms with van der Waals surface area (Å²) in [5.74, 6) is -0.931. The third-order valence-corrected chi connectivity index (χ3v) is 8.74. The summed E-state index contributed by atoms with van der Waals surface area (Å²) in [6.07, 6.45) is -2.63. The highest BCUT2D eigenvalue weighted by Crippen LogP contribution is 2.43. The zero-order valence-electron chi connectivity index (χ0n) is 25.6. The number of anilines is 1. The molecule has 2 amide bonds. The lowest BCUT2D eigenvalue weighted by Crippen LogP contribution is -2.49. The number of nitrogens with two attached hydrogens (primary N) is 1. The van der Waals surface area contributed by atoms with E-state index in [-0.39, 0.29) is 36.5 Å². The fourth-order valence-electron chi connectivity index (χ4n) is 6.38. The molecule has 0 bridgehead atoms. The Morgan fingerprint density at radius 1 is 1.11 bits per heavy atom. The number of primary amides is 1. The van der Waals surface area contributed by atoms with Crippen molar-refractivity contribution in [3.05, 3.63) is 69.8 Å². The number of pyridine rings is 1. The molecule has 46 heavy (non-hydrogen) atoms. The summed E-state index contributed by atoms with van der Waals surface area (Å²) in [5.41, 5.74) is 7.22. The molecule has 1 saturated carbocycles. The Morgan fingerprint density at radius 2 is 1.78 bits per heavy atom. The first-order valence-corrected chi connectivity index (χ1v) is 15.0. The van der Waals surface area contributed by atoms with Gasteiger partial charge in [0.25, 0.3) is 5.91 Å². The summed E-state index contributed by atoms with van der Waals surface area (Å²) in [6, 6.07) is 5.52. The second kappa shape index (κ2) is 11.7. The molecule has 1 aromatic carbocycles. The van der Waals surface area contributed by atoms with Gasteiger partial charge in [-0.25, -0.2) is 19.3 Å². The van der Waals surface area contributed by atoms with E-state index in [4.69, 9.17) is 15.5 Å². The molecule has 1 spiro atoms. The molecule has 14 heteroatoms. The topological polar surface area (TPSA) is 136 Å². The molecule has 10 nitrogen and oxygen atoms in total. The smallest absolute Gasteiger partial charge is 0.380 e. The predicted molar refractivity (Wildman–Crippen MR) is 161 cm³/mol. The maximum atomic E-state index is 15.7. The zero-order valence-corrected chi connectivity index (χ0v) is 25.6. The number of aryl methyl sites for hydroxylation is 2. The van der Waals surface area contributed by atoms with Crippen molar-refractivity contribution in [1.82, 2.24) is 20.3 Å². The van der Waals surface area contributed by atoms with Gasteiger partial charge in [0.05, 0.1) is 18.7 Å². The van der Waals surface area contributed by atoms with Gasteiger partial charge in [-0.2, -0.15) is 13.2 Å². The van der Waals surface area contributed by atoms with E-state index >= 15 is 4.39 Å². The van der Waals surface area contributed by atoms with E-state index in [1.54, 1.807) is 13.8 Å². The number of amidine groups is 1. The Hall–Kier alpha value is -4.46. The van der Waals surface area contributed by atoms with Crippen molar-refractivity contribution in [2.75, 3.05) is 25.1 Å². The van der Waals surface area contributed by atoms with Crippen molar-refractivity contribution in [2.45, 2.75) is 70.2 Å². The SMILES string of the molecule is COCc1c(F)cc(-c2c(C)nc(CC(N)=O)nc2C)cc1N1CCC2(CC1)N=C(c1ccc(C(F)(F)F)nc1C1CC1)NC2=O. The minimum Gasteiger partial charge on any atom is -0.380 e. The number of alkyl halides is 3. The van der Waals surface area contributed by atoms with E-state index in [1.165, 1.54) is 19.2 Å². The molecule has 1 saturated heterocycles. The Morgan fingerprint density at radius 3 is 2.37 bits per heavy atom. The number of nitrogens with zero attached hydrogens (tertiary/aromatic N) is 5. The van der Waals surface area contributed by atoms with E-state index in [2.05, 4.69) is 20.3 Å². The van der Waals surface area contributed by atoms with Gasteiger partial charge in [0, 0.05) is 59.9 Å². The van der Waals surface area contributed by atoms with Crippen molar-refractivity contribution in [3.63, 3.8) is 0 Å². The summed E-state index contributed by atoms with van der Waals surface area (Å²) >= 11 is 0. The molecule has 2 fully saturated rings. The first-order valence-electron chi connectivity index (χ1n) is 15.0. The number of hydrogen-bond acceptors (Lipinski definition) is 8. The number of hydrogen-bond donors (Lipinski definition) is 2. The number of carbonyl (C=O) groups is 2. The van der Waals surface area contributed by atoms with E-state index < -0.39 is 29.1 Å². The molecule has 4 heterocycles. The molecule has 0 atom stereocenters. The Balaban J connectivity index is 1.30. The molecular weight excluding hydrogens is 606 g/mol. The molecule has 6 rings (SSSR count). The minimum absolute atomic E-state index is 0.0166. The summed E-state index contributed by atoms with van der Waals surface area (Å²) in [6.45, 7) is 4.25. The van der Waals surface area contributed by atoms with Gasteiger partial charge in [-0.15, -0.1) is 0 Å². The van der Waals surface area contributed by atoms with Crippen LogP contribution in [0.1, 0.15) is 71.3 Å². The van der Waals surface area contributed by atoms with Gasteiger partial charge in [0.2, 0.25) is 5.91 Å². The molecule has 3 aromatic rings. The quantitative estimate of drug-likeness (QED) is 0.351. The number of amides is 2. The second-order valence-corrected chi connectivity index (χ2v) is 12.1. The lowest BCUT2D eigenvalue weighted by atomic mass is 9.87. The van der Waals surface area contributed by atoms with Crippen LogP contribution in [0.15, 0.2) is 29.3 Å². The van der Waals surface area contributed by atoms with Crippen LogP contribution in [0.4, 0.5) is 23.2 Å². The van der Waals surface area contributed by atoms with Crippen LogP contribution in [-0.4, -0.2) is 58.3 Å². The van der Waals surface area contributed by atoms with Gasteiger partial charge < -0.3 is 20.7 Å². The third kappa shape index (κ3) is 5.93. The van der Waals surface area contributed by atoms with Gasteiger partial charge in [0.1, 0.15) is 28.7 Å². The summed E-state index contributed by atoms with van der Waals surface area (Å²) in [5, 5.41) is 2.82. The monoisotopic (exact) mass is 639 g/mol. The number of piperidine rings is 1. The molecule has 0 unspecified atom stereocenters. The first kappa shape index (κ1) is 31.5. The maximum absolute atomic E-state index is 15.7. The highest BCUT2D eigenvalue weighted by atomic mass is 19.4. The van der Waals surface area contributed by atoms with Gasteiger partial charge in [-0.3, -0.25) is 14.6 Å². The largest absolute Gasteiger partial charge is 0.433 e. The lowest BCUT2D eigenvalue weighted by Gasteiger charge is -2.38. The van der Waals surface area contributed by atoms with Gasteiger partial charge in [0.15, 0.2) is 0 Å². The van der Waals surface area contributed by atoms with Crippen molar-refractivity contribution in [1.29, 1.82) is 0 Å². The van der Waals surface area contributed by atoms with Crippen LogP contribution in [0.2, 0.25) is 0 Å². The van der Waals surface area contributed by atoms with Gasteiger partial charge in [-0.05, 0) is 69.4 Å². The second-order valence-electron chi connectivity index (χ2n) is 12.1. The van der Waals surface area contributed by atoms with E-state index in [0.29, 0.717) is 71.0 Å². The first-order chi connectivity index (χ1) is 21.8. The molecular formula is C32H33F4N7O3. The van der Waals surface area contributed by atoms with Crippen molar-refractivity contribution in [3.8, 4) is 11.1 Å². The average Bonchev–Trinajstić information content (AvgIpc) is 3.78. The number of aromatic nitrogens is 3. The van der Waals surface area contributed by atoms with Crippen molar-refractivity contribution < 1.29 is 31.9 Å². The molecule has 3 aliphatic rings. The van der Waals surface area contributed by atoms with Crippen LogP contribution in [0.3, 0.4) is 0 Å². The molecule has 0 radical (unpaired) electrons. The minimum atomic E-state index is -4.58. The Labute approximate surface area is 262 Å². The highest BCUT2D eigenvalue weighted by Gasteiger charge is 2.47. The lowest BCUT2D eigenvalue weighted by molar-refractivity contribution is -0.141. The van der Waals surface area contributed by atoms with Crippen LogP contribution in [0.25, 0.3) is 11.1 Å². The summed E-state index contributed by atoms with van der Waals surface area (Å²) in [7, 11) is 1.48. The number of halogens is 4. The van der Waals surface area contributed by atoms with Crippen molar-refractivity contribution in [2.24, 2.45) is 10.7 Å². The van der Waals surface area contributed by atoms with Gasteiger partial charge in [-0.1, -0.05) is 0 Å². The van der Waals surface area contributed by atoms with Crippen LogP contribution in [0, 0.1) is 19.7 Å². The number of methoxy groups -OCH3 is 1. The number of carbonyl (C=O) groups excluding carboxylic acids is 2. The van der Waals surface area contributed by atoms with E-state index in [0.717, 1.165) is 18.9 Å². The highest BCUT2D eigenvalue weighted by molar-refractivity contribution is 6.16. The Bertz CT molecular complexity index is 1740. The molecule has 2 aliphatic heterocycles.